The van der Waals surface area contributed by atoms with Crippen molar-refractivity contribution < 1.29 is 0 Å². The SMILES string of the molecule is c1ccc(-c2cccc(-c3nc(N4c5ccccc5-c5nc6ccccc6c6cccc4c56)nc4c5ccccc5c5ccccc5c34)c2)cc1. The molecule has 8 aromatic carbocycles. The van der Waals surface area contributed by atoms with Gasteiger partial charge in [0.2, 0.25) is 5.95 Å². The molecule has 11 rings (SSSR count). The molecule has 0 fully saturated rings. The van der Waals surface area contributed by atoms with E-state index in [2.05, 4.69) is 175 Å². The summed E-state index contributed by atoms with van der Waals surface area (Å²) in [7, 11) is 0. The van der Waals surface area contributed by atoms with Gasteiger partial charge in [0.25, 0.3) is 0 Å². The van der Waals surface area contributed by atoms with E-state index in [-0.39, 0.29) is 0 Å². The molecule has 0 unspecified atom stereocenters. The molecule has 51 heavy (non-hydrogen) atoms. The molecule has 0 aliphatic carbocycles. The fraction of sp³-hybridized carbons (Fsp3) is 0. The van der Waals surface area contributed by atoms with Crippen LogP contribution in [0.4, 0.5) is 17.3 Å². The summed E-state index contributed by atoms with van der Waals surface area (Å²) in [6, 6.07) is 60.0. The molecule has 10 aromatic rings. The molecule has 0 atom stereocenters. The van der Waals surface area contributed by atoms with Crippen molar-refractivity contribution in [3.05, 3.63) is 170 Å². The predicted molar refractivity (Wildman–Crippen MR) is 212 cm³/mol. The van der Waals surface area contributed by atoms with Crippen molar-refractivity contribution in [2.75, 3.05) is 4.90 Å². The minimum absolute atomic E-state index is 0.627. The van der Waals surface area contributed by atoms with E-state index < -0.39 is 0 Å². The molecule has 1 aliphatic heterocycles. The molecule has 236 valence electrons. The predicted octanol–water partition coefficient (Wildman–Crippen LogP) is 12.4. The number of hydrogen-bond acceptors (Lipinski definition) is 4. The third-order valence-corrected chi connectivity index (χ3v) is 10.4. The molecule has 0 bridgehead atoms. The van der Waals surface area contributed by atoms with Gasteiger partial charge in [-0.1, -0.05) is 146 Å². The van der Waals surface area contributed by atoms with Gasteiger partial charge in [-0.3, -0.25) is 4.90 Å². The topological polar surface area (TPSA) is 41.9 Å². The molecule has 0 saturated carbocycles. The summed E-state index contributed by atoms with van der Waals surface area (Å²) in [6.07, 6.45) is 0. The number of para-hydroxylation sites is 2. The maximum atomic E-state index is 5.60. The van der Waals surface area contributed by atoms with Crippen molar-refractivity contribution in [3.63, 3.8) is 0 Å². The lowest BCUT2D eigenvalue weighted by atomic mass is 9.93. The Balaban J connectivity index is 1.28. The Morgan fingerprint density at radius 3 is 1.80 bits per heavy atom. The lowest BCUT2D eigenvalue weighted by Crippen LogP contribution is -2.18. The average molecular weight is 649 g/mol. The Morgan fingerprint density at radius 1 is 0.353 bits per heavy atom. The van der Waals surface area contributed by atoms with Crippen LogP contribution in [-0.4, -0.2) is 15.0 Å². The number of aromatic nitrogens is 3. The molecule has 0 amide bonds. The summed E-state index contributed by atoms with van der Waals surface area (Å²) < 4.78 is 0. The largest absolute Gasteiger partial charge is 0.278 e. The minimum atomic E-state index is 0.627. The van der Waals surface area contributed by atoms with E-state index in [1.54, 1.807) is 0 Å². The zero-order valence-corrected chi connectivity index (χ0v) is 27.5. The Kier molecular flexibility index (Phi) is 5.92. The van der Waals surface area contributed by atoms with Crippen LogP contribution in [0.15, 0.2) is 170 Å². The van der Waals surface area contributed by atoms with E-state index in [0.29, 0.717) is 5.95 Å². The summed E-state index contributed by atoms with van der Waals surface area (Å²) in [5.74, 6) is 0.627. The van der Waals surface area contributed by atoms with E-state index in [0.717, 1.165) is 77.4 Å². The Morgan fingerprint density at radius 2 is 0.941 bits per heavy atom. The van der Waals surface area contributed by atoms with Crippen LogP contribution in [0.25, 0.3) is 87.8 Å². The molecular weight excluding hydrogens is 621 g/mol. The second-order valence-corrected chi connectivity index (χ2v) is 13.2. The molecule has 4 nitrogen and oxygen atoms in total. The van der Waals surface area contributed by atoms with Gasteiger partial charge in [0.15, 0.2) is 0 Å². The summed E-state index contributed by atoms with van der Waals surface area (Å²) in [4.78, 5) is 18.7. The fourth-order valence-electron chi connectivity index (χ4n) is 8.13. The molecule has 1 aliphatic rings. The van der Waals surface area contributed by atoms with Gasteiger partial charge in [-0.05, 0) is 56.9 Å². The van der Waals surface area contributed by atoms with Crippen molar-refractivity contribution >= 4 is 71.4 Å². The van der Waals surface area contributed by atoms with Crippen LogP contribution in [0.2, 0.25) is 0 Å². The van der Waals surface area contributed by atoms with Crippen LogP contribution in [-0.2, 0) is 0 Å². The van der Waals surface area contributed by atoms with E-state index in [1.807, 2.05) is 0 Å². The zero-order chi connectivity index (χ0) is 33.5. The number of rotatable bonds is 3. The van der Waals surface area contributed by atoms with Crippen molar-refractivity contribution in [2.45, 2.75) is 0 Å². The standard InChI is InChI=1S/C47H28N4/c1-2-14-29(15-3-1)30-16-12-17-31(28-30)44-43-35-21-6-4-18-32(35)33-19-5-7-22-37(33)45(43)50-47(49-44)51-40-26-11-9-23-38(40)46-42-36(24-13-27-41(42)51)34-20-8-10-25-39(34)48-46/h1-28H. The number of benzene rings is 8. The van der Waals surface area contributed by atoms with E-state index in [1.165, 1.54) is 21.7 Å². The van der Waals surface area contributed by atoms with Crippen LogP contribution in [0, 0.1) is 0 Å². The second kappa shape index (κ2) is 10.8. The summed E-state index contributed by atoms with van der Waals surface area (Å²) in [5.41, 5.74) is 10.3. The highest BCUT2D eigenvalue weighted by atomic mass is 15.3. The number of hydrogen-bond donors (Lipinski definition) is 0. The minimum Gasteiger partial charge on any atom is -0.278 e. The van der Waals surface area contributed by atoms with Crippen LogP contribution < -0.4 is 4.90 Å². The molecule has 0 radical (unpaired) electrons. The number of fused-ring (bicyclic) bond motifs is 10. The number of anilines is 3. The molecule has 0 saturated heterocycles. The maximum Gasteiger partial charge on any atom is 0.235 e. The fourth-order valence-corrected chi connectivity index (χ4v) is 8.13. The highest BCUT2D eigenvalue weighted by Crippen LogP contribution is 2.51. The summed E-state index contributed by atoms with van der Waals surface area (Å²) in [5, 5.41) is 9.07. The van der Waals surface area contributed by atoms with Gasteiger partial charge >= 0.3 is 0 Å². The van der Waals surface area contributed by atoms with E-state index in [9.17, 15) is 0 Å². The normalized spacial score (nSPS) is 12.3. The Hall–Kier alpha value is -6.91. The first kappa shape index (κ1) is 28.0. The first-order chi connectivity index (χ1) is 25.3. The Bertz CT molecular complexity index is 3040. The third-order valence-electron chi connectivity index (χ3n) is 10.4. The second-order valence-electron chi connectivity index (χ2n) is 13.2. The van der Waals surface area contributed by atoms with Gasteiger partial charge in [-0.15, -0.1) is 0 Å². The van der Waals surface area contributed by atoms with Gasteiger partial charge < -0.3 is 0 Å². The van der Waals surface area contributed by atoms with Gasteiger partial charge in [0.05, 0.1) is 33.8 Å². The molecule has 2 aromatic heterocycles. The van der Waals surface area contributed by atoms with Gasteiger partial charge in [-0.2, -0.15) is 0 Å². The third kappa shape index (κ3) is 4.11. The molecule has 4 heteroatoms. The molecule has 3 heterocycles. The Labute approximate surface area is 293 Å². The highest BCUT2D eigenvalue weighted by Gasteiger charge is 2.30. The number of nitrogens with zero attached hydrogens (tertiary/aromatic N) is 4. The first-order valence-corrected chi connectivity index (χ1v) is 17.3. The summed E-state index contributed by atoms with van der Waals surface area (Å²) in [6.45, 7) is 0. The van der Waals surface area contributed by atoms with Crippen LogP contribution in [0.1, 0.15) is 0 Å². The summed E-state index contributed by atoms with van der Waals surface area (Å²) >= 11 is 0. The highest BCUT2D eigenvalue weighted by molar-refractivity contribution is 6.27. The number of pyridine rings is 1. The van der Waals surface area contributed by atoms with Crippen molar-refractivity contribution in [3.8, 4) is 33.6 Å². The smallest absolute Gasteiger partial charge is 0.235 e. The molecular formula is C47H28N4. The zero-order valence-electron chi connectivity index (χ0n) is 27.5. The van der Waals surface area contributed by atoms with E-state index in [4.69, 9.17) is 15.0 Å². The van der Waals surface area contributed by atoms with E-state index >= 15 is 0 Å². The van der Waals surface area contributed by atoms with Crippen LogP contribution >= 0.6 is 0 Å². The molecule has 0 spiro atoms. The van der Waals surface area contributed by atoms with Gasteiger partial charge in [0, 0.05) is 32.7 Å². The lowest BCUT2D eigenvalue weighted by molar-refractivity contribution is 1.11. The monoisotopic (exact) mass is 648 g/mol. The van der Waals surface area contributed by atoms with Crippen molar-refractivity contribution in [1.29, 1.82) is 0 Å². The van der Waals surface area contributed by atoms with Crippen LogP contribution in [0.3, 0.4) is 0 Å². The average Bonchev–Trinajstić information content (AvgIpc) is 3.21. The first-order valence-electron chi connectivity index (χ1n) is 17.3. The van der Waals surface area contributed by atoms with Crippen LogP contribution in [0.5, 0.6) is 0 Å². The molecule has 0 N–H and O–H groups in total. The quantitative estimate of drug-likeness (QED) is 0.179. The maximum absolute atomic E-state index is 5.60. The van der Waals surface area contributed by atoms with Gasteiger partial charge in [-0.25, -0.2) is 15.0 Å². The van der Waals surface area contributed by atoms with Crippen molar-refractivity contribution in [2.24, 2.45) is 0 Å². The lowest BCUT2D eigenvalue weighted by Gasteiger charge is -2.32. The van der Waals surface area contributed by atoms with Gasteiger partial charge in [0.1, 0.15) is 0 Å². The van der Waals surface area contributed by atoms with Crippen molar-refractivity contribution in [1.82, 2.24) is 15.0 Å².